The molecule has 108 valence electrons. The normalized spacial score (nSPS) is 11.8. The number of rotatable bonds is 4. The van der Waals surface area contributed by atoms with Crippen molar-refractivity contribution in [2.75, 3.05) is 11.2 Å². The molecule has 5 heteroatoms. The Kier molecular flexibility index (Phi) is 4.33. The Morgan fingerprint density at radius 3 is 2.80 bits per heavy atom. The number of carbonyl (C=O) groups excluding carboxylic acids is 1. The molecule has 1 aromatic heterocycles. The Balaban J connectivity index is 2.19. The molecule has 0 spiro atoms. The zero-order valence-electron chi connectivity index (χ0n) is 12.1. The molecule has 0 aliphatic carbocycles. The number of benzene rings is 1. The van der Waals surface area contributed by atoms with Gasteiger partial charge in [0, 0.05) is 23.4 Å². The highest BCUT2D eigenvalue weighted by molar-refractivity contribution is 6.18. The van der Waals surface area contributed by atoms with E-state index in [1.54, 1.807) is 0 Å². The van der Waals surface area contributed by atoms with Gasteiger partial charge in [0.05, 0.1) is 11.0 Å². The van der Waals surface area contributed by atoms with Gasteiger partial charge in [-0.1, -0.05) is 20.8 Å². The molecule has 2 rings (SSSR count). The fourth-order valence-electron chi connectivity index (χ4n) is 1.89. The van der Waals surface area contributed by atoms with Gasteiger partial charge >= 0.3 is 0 Å². The van der Waals surface area contributed by atoms with Crippen molar-refractivity contribution in [3.63, 3.8) is 0 Å². The maximum atomic E-state index is 11.7. The van der Waals surface area contributed by atoms with Crippen molar-refractivity contribution < 1.29 is 4.79 Å². The third-order valence-corrected chi connectivity index (χ3v) is 3.28. The average Bonchev–Trinajstić information content (AvgIpc) is 2.79. The zero-order chi connectivity index (χ0) is 14.8. The first kappa shape index (κ1) is 14.9. The summed E-state index contributed by atoms with van der Waals surface area (Å²) in [4.78, 5) is 19.6. The van der Waals surface area contributed by atoms with Gasteiger partial charge in [0.1, 0.15) is 5.82 Å². The summed E-state index contributed by atoms with van der Waals surface area (Å²) in [6, 6.07) is 5.70. The minimum atomic E-state index is -0.0250. The molecule has 0 saturated heterocycles. The summed E-state index contributed by atoms with van der Waals surface area (Å²) in [7, 11) is 0. The molecule has 0 radical (unpaired) electrons. The number of imidazole rings is 1. The van der Waals surface area contributed by atoms with Crippen molar-refractivity contribution in [2.24, 2.45) is 0 Å². The monoisotopic (exact) mass is 293 g/mol. The van der Waals surface area contributed by atoms with Crippen LogP contribution in [0.4, 0.5) is 5.69 Å². The van der Waals surface area contributed by atoms with Gasteiger partial charge in [-0.15, -0.1) is 11.6 Å². The van der Waals surface area contributed by atoms with E-state index in [-0.39, 0.29) is 11.3 Å². The van der Waals surface area contributed by atoms with Crippen LogP contribution < -0.4 is 5.32 Å². The van der Waals surface area contributed by atoms with Crippen molar-refractivity contribution in [1.82, 2.24) is 9.97 Å². The first-order chi connectivity index (χ1) is 9.40. The number of carbonyl (C=O) groups is 1. The Hall–Kier alpha value is -1.55. The molecule has 1 aromatic carbocycles. The highest BCUT2D eigenvalue weighted by atomic mass is 35.5. The van der Waals surface area contributed by atoms with E-state index >= 15 is 0 Å². The van der Waals surface area contributed by atoms with E-state index in [9.17, 15) is 4.79 Å². The minimum absolute atomic E-state index is 0.0134. The summed E-state index contributed by atoms with van der Waals surface area (Å²) >= 11 is 5.58. The number of aromatic amines is 1. The van der Waals surface area contributed by atoms with Crippen molar-refractivity contribution in [3.05, 3.63) is 24.0 Å². The molecule has 0 fully saturated rings. The molecule has 20 heavy (non-hydrogen) atoms. The predicted octanol–water partition coefficient (Wildman–Crippen LogP) is 3.82. The quantitative estimate of drug-likeness (QED) is 0.842. The number of amides is 1. The fraction of sp³-hybridized carbons (Fsp3) is 0.467. The van der Waals surface area contributed by atoms with Crippen LogP contribution in [0.5, 0.6) is 0 Å². The van der Waals surface area contributed by atoms with Crippen LogP contribution in [0.1, 0.15) is 39.4 Å². The number of nitrogens with one attached hydrogen (secondary N) is 2. The SMILES string of the molecule is CC(C)(C)c1nc2ccc(NC(=O)CCCCl)cc2[nH]1. The number of nitrogens with zero attached hydrogens (tertiary/aromatic N) is 1. The Bertz CT molecular complexity index is 613. The van der Waals surface area contributed by atoms with Crippen LogP contribution >= 0.6 is 11.6 Å². The highest BCUT2D eigenvalue weighted by Gasteiger charge is 2.18. The molecule has 0 bridgehead atoms. The third-order valence-electron chi connectivity index (χ3n) is 3.01. The second-order valence-electron chi connectivity index (χ2n) is 5.91. The molecule has 0 saturated carbocycles. The fourth-order valence-corrected chi connectivity index (χ4v) is 2.03. The molecule has 0 atom stereocenters. The van der Waals surface area contributed by atoms with Gasteiger partial charge in [0.25, 0.3) is 0 Å². The van der Waals surface area contributed by atoms with Crippen LogP contribution in [0, 0.1) is 0 Å². The maximum absolute atomic E-state index is 11.7. The first-order valence-electron chi connectivity index (χ1n) is 6.76. The van der Waals surface area contributed by atoms with Gasteiger partial charge in [-0.3, -0.25) is 4.79 Å². The number of hydrogen-bond donors (Lipinski definition) is 2. The molecule has 0 aliphatic rings. The molecule has 1 heterocycles. The van der Waals surface area contributed by atoms with Crippen LogP contribution in [-0.4, -0.2) is 21.8 Å². The summed E-state index contributed by atoms with van der Waals surface area (Å²) in [6.45, 7) is 6.33. The van der Waals surface area contributed by atoms with E-state index in [0.717, 1.165) is 22.5 Å². The summed E-state index contributed by atoms with van der Waals surface area (Å²) in [5.41, 5.74) is 2.60. The Labute approximate surface area is 123 Å². The molecule has 4 nitrogen and oxygen atoms in total. The number of H-pyrrole nitrogens is 1. The van der Waals surface area contributed by atoms with Crippen LogP contribution in [0.15, 0.2) is 18.2 Å². The van der Waals surface area contributed by atoms with Gasteiger partial charge in [-0.25, -0.2) is 4.98 Å². The predicted molar refractivity (Wildman–Crippen MR) is 83.4 cm³/mol. The van der Waals surface area contributed by atoms with Gasteiger partial charge in [0.2, 0.25) is 5.91 Å². The second-order valence-corrected chi connectivity index (χ2v) is 6.29. The molecular formula is C15H20ClN3O. The standard InChI is InChI=1S/C15H20ClN3O/c1-15(2,3)14-18-11-7-6-10(9-12(11)19-14)17-13(20)5-4-8-16/h6-7,9H,4-5,8H2,1-3H3,(H,17,20)(H,18,19). The van der Waals surface area contributed by atoms with Crippen LogP contribution in [0.2, 0.25) is 0 Å². The Morgan fingerprint density at radius 2 is 2.15 bits per heavy atom. The Morgan fingerprint density at radius 1 is 1.40 bits per heavy atom. The van der Waals surface area contributed by atoms with Crippen LogP contribution in [0.3, 0.4) is 0 Å². The lowest BCUT2D eigenvalue weighted by Crippen LogP contribution is -2.12. The molecule has 0 unspecified atom stereocenters. The molecule has 0 aliphatic heterocycles. The lowest BCUT2D eigenvalue weighted by atomic mass is 9.96. The number of aromatic nitrogens is 2. The lowest BCUT2D eigenvalue weighted by molar-refractivity contribution is -0.116. The van der Waals surface area contributed by atoms with E-state index in [4.69, 9.17) is 11.6 Å². The van der Waals surface area contributed by atoms with Gasteiger partial charge in [0.15, 0.2) is 0 Å². The van der Waals surface area contributed by atoms with E-state index in [1.807, 2.05) is 18.2 Å². The van der Waals surface area contributed by atoms with Gasteiger partial charge < -0.3 is 10.3 Å². The first-order valence-corrected chi connectivity index (χ1v) is 7.29. The smallest absolute Gasteiger partial charge is 0.224 e. The van der Waals surface area contributed by atoms with E-state index in [2.05, 4.69) is 36.1 Å². The van der Waals surface area contributed by atoms with E-state index in [0.29, 0.717) is 18.7 Å². The topological polar surface area (TPSA) is 57.8 Å². The summed E-state index contributed by atoms with van der Waals surface area (Å²) in [5, 5.41) is 2.87. The third kappa shape index (κ3) is 3.51. The number of alkyl halides is 1. The lowest BCUT2D eigenvalue weighted by Gasteiger charge is -2.13. The number of halogens is 1. The molecule has 2 aromatic rings. The number of hydrogen-bond acceptors (Lipinski definition) is 2. The summed E-state index contributed by atoms with van der Waals surface area (Å²) in [5.74, 6) is 1.43. The van der Waals surface area contributed by atoms with E-state index < -0.39 is 0 Å². The van der Waals surface area contributed by atoms with Gasteiger partial charge in [-0.2, -0.15) is 0 Å². The summed E-state index contributed by atoms with van der Waals surface area (Å²) < 4.78 is 0. The van der Waals surface area contributed by atoms with Crippen LogP contribution in [-0.2, 0) is 10.2 Å². The highest BCUT2D eigenvalue weighted by Crippen LogP contribution is 2.24. The van der Waals surface area contributed by atoms with Crippen molar-refractivity contribution in [2.45, 2.75) is 39.0 Å². The average molecular weight is 294 g/mol. The summed E-state index contributed by atoms with van der Waals surface area (Å²) in [6.07, 6.45) is 1.13. The largest absolute Gasteiger partial charge is 0.341 e. The maximum Gasteiger partial charge on any atom is 0.224 e. The van der Waals surface area contributed by atoms with E-state index in [1.165, 1.54) is 0 Å². The van der Waals surface area contributed by atoms with Crippen molar-refractivity contribution in [3.8, 4) is 0 Å². The van der Waals surface area contributed by atoms with Crippen molar-refractivity contribution in [1.29, 1.82) is 0 Å². The molecular weight excluding hydrogens is 274 g/mol. The van der Waals surface area contributed by atoms with Gasteiger partial charge in [-0.05, 0) is 24.6 Å². The minimum Gasteiger partial charge on any atom is -0.341 e. The molecule has 1 amide bonds. The van der Waals surface area contributed by atoms with Crippen LogP contribution in [0.25, 0.3) is 11.0 Å². The second kappa shape index (κ2) is 5.83. The number of anilines is 1. The van der Waals surface area contributed by atoms with Crippen molar-refractivity contribution >= 4 is 34.2 Å². The molecule has 2 N–H and O–H groups in total. The zero-order valence-corrected chi connectivity index (χ0v) is 12.8. The number of fused-ring (bicyclic) bond motifs is 1.